The fourth-order valence-electron chi connectivity index (χ4n) is 7.16. The lowest BCUT2D eigenvalue weighted by Crippen LogP contribution is -2.30. The molecule has 5 nitrogen and oxygen atoms in total. The summed E-state index contributed by atoms with van der Waals surface area (Å²) < 4.78 is 8.39. The van der Waals surface area contributed by atoms with Gasteiger partial charge in [0.2, 0.25) is 12.2 Å². The van der Waals surface area contributed by atoms with Gasteiger partial charge in [0.25, 0.3) is 0 Å². The average Bonchev–Trinajstić information content (AvgIpc) is 3.40. The van der Waals surface area contributed by atoms with Gasteiger partial charge in [-0.2, -0.15) is 4.58 Å². The Morgan fingerprint density at radius 3 is 2.43 bits per heavy atom. The van der Waals surface area contributed by atoms with Gasteiger partial charge in [-0.25, -0.2) is 0 Å². The van der Waals surface area contributed by atoms with Crippen LogP contribution in [0, 0.1) is 6.92 Å². The number of carbonyl (C=O) groups is 1. The van der Waals surface area contributed by atoms with E-state index >= 15 is 0 Å². The zero-order valence-electron chi connectivity index (χ0n) is 27.7. The SMILES string of the molecule is CCC1(C)\C(=C/C=C/C=C/C2=[N+](CC(C)=O)c3ccc4ccc(C)cc4c3C2(C)C)N(COc2ccc(O)cc2)c2ccccc21. The average molecular weight is 612 g/mol. The van der Waals surface area contributed by atoms with E-state index in [1.54, 1.807) is 31.2 Å². The van der Waals surface area contributed by atoms with Gasteiger partial charge in [-0.1, -0.05) is 67.1 Å². The summed E-state index contributed by atoms with van der Waals surface area (Å²) >= 11 is 0. The number of anilines is 1. The number of phenolic OH excluding ortho intramolecular Hbond substituents is 1. The molecule has 1 unspecified atom stereocenters. The number of benzene rings is 4. The van der Waals surface area contributed by atoms with Gasteiger partial charge < -0.3 is 14.7 Å². The summed E-state index contributed by atoms with van der Waals surface area (Å²) in [5, 5.41) is 12.2. The second-order valence-corrected chi connectivity index (χ2v) is 13.2. The summed E-state index contributed by atoms with van der Waals surface area (Å²) in [7, 11) is 0. The minimum absolute atomic E-state index is 0.133. The van der Waals surface area contributed by atoms with Crippen LogP contribution >= 0.6 is 0 Å². The summed E-state index contributed by atoms with van der Waals surface area (Å²) in [4.78, 5) is 14.7. The van der Waals surface area contributed by atoms with Gasteiger partial charge in [0.15, 0.2) is 18.2 Å². The lowest BCUT2D eigenvalue weighted by atomic mass is 9.78. The first kappa shape index (κ1) is 31.1. The van der Waals surface area contributed by atoms with E-state index < -0.39 is 0 Å². The first-order valence-electron chi connectivity index (χ1n) is 16.1. The third-order valence-electron chi connectivity index (χ3n) is 9.66. The van der Waals surface area contributed by atoms with Crippen molar-refractivity contribution in [2.24, 2.45) is 0 Å². The minimum Gasteiger partial charge on any atom is -0.508 e. The number of aryl methyl sites for hydroxylation is 1. The lowest BCUT2D eigenvalue weighted by Gasteiger charge is -2.29. The Labute approximate surface area is 272 Å². The molecule has 46 heavy (non-hydrogen) atoms. The van der Waals surface area contributed by atoms with Crippen LogP contribution in [0.4, 0.5) is 11.4 Å². The zero-order chi connectivity index (χ0) is 32.6. The normalized spacial score (nSPS) is 19.5. The molecule has 2 aliphatic heterocycles. The number of ketones is 1. The lowest BCUT2D eigenvalue weighted by molar-refractivity contribution is -0.424. The van der Waals surface area contributed by atoms with Crippen molar-refractivity contribution >= 4 is 33.6 Å². The summed E-state index contributed by atoms with van der Waals surface area (Å²) in [6, 6.07) is 26.3. The minimum atomic E-state index is -0.281. The second kappa shape index (κ2) is 12.1. The van der Waals surface area contributed by atoms with E-state index in [2.05, 4.69) is 129 Å². The molecule has 0 amide bonds. The van der Waals surface area contributed by atoms with Crippen molar-refractivity contribution in [3.63, 3.8) is 0 Å². The molecule has 2 heterocycles. The molecule has 2 aliphatic rings. The van der Waals surface area contributed by atoms with E-state index in [1.807, 2.05) is 0 Å². The number of rotatable bonds is 9. The van der Waals surface area contributed by atoms with E-state index in [4.69, 9.17) is 4.74 Å². The van der Waals surface area contributed by atoms with E-state index in [0.29, 0.717) is 19.0 Å². The quantitative estimate of drug-likeness (QED) is 0.152. The standard InChI is InChI=1S/C41H42N2O3/c1-7-41(6)34-13-11-12-14-35(34)43(27-46-32-22-20-31(45)21-23-32)38(41)16-10-8-9-15-37-40(4,5)39-33-25-28(2)17-18-30(33)19-24-36(39)42(37)26-29(3)44/h8-25H,7,26-27H2,1-6H3/p+1. The zero-order valence-corrected chi connectivity index (χ0v) is 27.7. The van der Waals surface area contributed by atoms with Crippen molar-refractivity contribution in [3.8, 4) is 11.5 Å². The topological polar surface area (TPSA) is 52.8 Å². The number of ether oxygens (including phenoxy) is 1. The number of fused-ring (bicyclic) bond motifs is 4. The predicted molar refractivity (Wildman–Crippen MR) is 189 cm³/mol. The molecule has 0 bridgehead atoms. The number of carbonyl (C=O) groups excluding carboxylic acids is 1. The van der Waals surface area contributed by atoms with Crippen LogP contribution in [0.25, 0.3) is 10.8 Å². The molecule has 0 aromatic heterocycles. The maximum absolute atomic E-state index is 12.5. The highest BCUT2D eigenvalue weighted by Gasteiger charge is 2.46. The first-order chi connectivity index (χ1) is 22.0. The molecule has 4 aromatic rings. The van der Waals surface area contributed by atoms with Gasteiger partial charge >= 0.3 is 0 Å². The van der Waals surface area contributed by atoms with Crippen LogP contribution in [-0.2, 0) is 15.6 Å². The molecule has 0 aliphatic carbocycles. The summed E-state index contributed by atoms with van der Waals surface area (Å²) in [6.07, 6.45) is 11.6. The molecule has 0 fully saturated rings. The Bertz CT molecular complexity index is 1940. The highest BCUT2D eigenvalue weighted by Crippen LogP contribution is 2.50. The summed E-state index contributed by atoms with van der Waals surface area (Å²) in [6.45, 7) is 13.5. The van der Waals surface area contributed by atoms with Crippen molar-refractivity contribution in [1.82, 2.24) is 0 Å². The van der Waals surface area contributed by atoms with Crippen LogP contribution in [0.2, 0.25) is 0 Å². The molecular weight excluding hydrogens is 568 g/mol. The highest BCUT2D eigenvalue weighted by molar-refractivity contribution is 6.08. The molecule has 5 heteroatoms. The fourth-order valence-corrected chi connectivity index (χ4v) is 7.16. The molecule has 234 valence electrons. The maximum atomic E-state index is 12.5. The molecule has 0 radical (unpaired) electrons. The highest BCUT2D eigenvalue weighted by atomic mass is 16.5. The molecule has 0 saturated carbocycles. The van der Waals surface area contributed by atoms with Gasteiger partial charge in [-0.3, -0.25) is 4.79 Å². The predicted octanol–water partition coefficient (Wildman–Crippen LogP) is 9.04. The van der Waals surface area contributed by atoms with Gasteiger partial charge in [0.1, 0.15) is 11.5 Å². The van der Waals surface area contributed by atoms with Crippen molar-refractivity contribution < 1.29 is 19.2 Å². The summed E-state index contributed by atoms with van der Waals surface area (Å²) in [5.74, 6) is 1.05. The van der Waals surface area contributed by atoms with Gasteiger partial charge in [0, 0.05) is 41.4 Å². The smallest absolute Gasteiger partial charge is 0.210 e. The molecule has 1 atom stereocenters. The van der Waals surface area contributed by atoms with Gasteiger partial charge in [0.05, 0.1) is 5.41 Å². The second-order valence-electron chi connectivity index (χ2n) is 13.2. The third-order valence-corrected chi connectivity index (χ3v) is 9.66. The monoisotopic (exact) mass is 611 g/mol. The summed E-state index contributed by atoms with van der Waals surface area (Å²) in [5.41, 5.74) is 7.85. The molecule has 1 N–H and O–H groups in total. The van der Waals surface area contributed by atoms with Crippen LogP contribution in [-0.4, -0.2) is 34.5 Å². The third kappa shape index (κ3) is 5.44. The van der Waals surface area contributed by atoms with E-state index in [0.717, 1.165) is 23.5 Å². The largest absolute Gasteiger partial charge is 0.508 e. The van der Waals surface area contributed by atoms with Crippen LogP contribution in [0.1, 0.15) is 57.7 Å². The molecule has 4 aromatic carbocycles. The molecule has 0 spiro atoms. The van der Waals surface area contributed by atoms with Crippen LogP contribution in [0.15, 0.2) is 115 Å². The number of para-hydroxylation sites is 1. The van der Waals surface area contributed by atoms with Gasteiger partial charge in [-0.15, -0.1) is 0 Å². The van der Waals surface area contributed by atoms with E-state index in [-0.39, 0.29) is 22.4 Å². The molecule has 0 saturated heterocycles. The molecular formula is C41H43N2O3+. The van der Waals surface area contributed by atoms with Crippen LogP contribution < -0.4 is 9.64 Å². The number of hydrogen-bond acceptors (Lipinski definition) is 4. The van der Waals surface area contributed by atoms with Crippen molar-refractivity contribution in [2.75, 3.05) is 18.2 Å². The maximum Gasteiger partial charge on any atom is 0.210 e. The Kier molecular flexibility index (Phi) is 8.20. The Balaban J connectivity index is 1.33. The number of allylic oxidation sites excluding steroid dienone is 6. The van der Waals surface area contributed by atoms with Gasteiger partial charge in [-0.05, 0) is 92.9 Å². The number of aromatic hydroxyl groups is 1. The van der Waals surface area contributed by atoms with Crippen molar-refractivity contribution in [1.29, 1.82) is 0 Å². The number of nitrogens with zero attached hydrogens (tertiary/aromatic N) is 2. The Morgan fingerprint density at radius 2 is 1.70 bits per heavy atom. The number of hydrogen-bond donors (Lipinski definition) is 1. The Hall–Kier alpha value is -4.90. The number of phenols is 1. The first-order valence-corrected chi connectivity index (χ1v) is 16.1. The number of Topliss-reactive ketones (excluding diaryl/α,β-unsaturated/α-hetero) is 1. The van der Waals surface area contributed by atoms with E-state index in [1.165, 1.54) is 33.2 Å². The molecule has 6 rings (SSSR count). The Morgan fingerprint density at radius 1 is 0.957 bits per heavy atom. The van der Waals surface area contributed by atoms with E-state index in [9.17, 15) is 9.90 Å². The van der Waals surface area contributed by atoms with Crippen molar-refractivity contribution in [3.05, 3.63) is 132 Å². The van der Waals surface area contributed by atoms with Crippen LogP contribution in [0.3, 0.4) is 0 Å². The fraction of sp³-hybridized carbons (Fsp3) is 0.268. The van der Waals surface area contributed by atoms with Crippen LogP contribution in [0.5, 0.6) is 11.5 Å². The van der Waals surface area contributed by atoms with Crippen molar-refractivity contribution in [2.45, 2.75) is 58.8 Å².